The van der Waals surface area contributed by atoms with E-state index in [-0.39, 0.29) is 31.2 Å². The topological polar surface area (TPSA) is 131 Å². The summed E-state index contributed by atoms with van der Waals surface area (Å²) in [7, 11) is -3.86. The molecule has 2 aliphatic heterocycles. The number of aromatic nitrogens is 3. The van der Waals surface area contributed by atoms with E-state index in [0.717, 1.165) is 36.6 Å². The van der Waals surface area contributed by atoms with Crippen molar-refractivity contribution in [2.45, 2.75) is 75.9 Å². The highest BCUT2D eigenvalue weighted by molar-refractivity contribution is 7.48. The van der Waals surface area contributed by atoms with Gasteiger partial charge in [-0.25, -0.2) is 14.5 Å². The number of nitrogen functional groups attached to an aromatic ring is 1. The number of anilines is 1. The molecule has 4 heterocycles. The molecular weight excluding hydrogens is 519 g/mol. The standard InChI is InChI=1S/C28H37N4O6P/c1-2-20-24(33)23(37-28(20)32-14-13-21-26(29)30-17-31-27(21)32)16-36-39(34)35-15-22(18-9-5-3-6-10-18)25(38-39)19-11-7-4-8-12-19/h3,5-6,9-10,13-14,17,19-20,22-25,28,33H,2,4,7-8,11-12,15-16H2,1H3,(H2,29,30,31)/t20?,22-,23+,24-,25+,28+,39?/m0/s1. The molecule has 11 heteroatoms. The summed E-state index contributed by atoms with van der Waals surface area (Å²) < 4.78 is 39.8. The van der Waals surface area contributed by atoms with Crippen molar-refractivity contribution in [3.63, 3.8) is 0 Å². The number of ether oxygens (including phenoxy) is 1. The second kappa shape index (κ2) is 11.3. The molecule has 3 N–H and O–H groups in total. The third kappa shape index (κ3) is 5.26. The third-order valence-corrected chi connectivity index (χ3v) is 10.0. The number of hydrogen-bond acceptors (Lipinski definition) is 9. The van der Waals surface area contributed by atoms with E-state index in [2.05, 4.69) is 22.1 Å². The monoisotopic (exact) mass is 556 g/mol. The molecule has 10 nitrogen and oxygen atoms in total. The van der Waals surface area contributed by atoms with Crippen LogP contribution in [-0.4, -0.2) is 51.2 Å². The number of aliphatic hydroxyl groups is 1. The van der Waals surface area contributed by atoms with Gasteiger partial charge in [0.1, 0.15) is 30.1 Å². The summed E-state index contributed by atoms with van der Waals surface area (Å²) in [6, 6.07) is 12.0. The fourth-order valence-electron chi connectivity index (χ4n) is 6.47. The van der Waals surface area contributed by atoms with Gasteiger partial charge in [0.05, 0.1) is 30.8 Å². The van der Waals surface area contributed by atoms with Crippen molar-refractivity contribution in [2.75, 3.05) is 18.9 Å². The Hall–Kier alpha value is -2.33. The molecule has 7 atom stereocenters. The van der Waals surface area contributed by atoms with Gasteiger partial charge in [0.15, 0.2) is 0 Å². The van der Waals surface area contributed by atoms with E-state index in [4.69, 9.17) is 24.0 Å². The van der Waals surface area contributed by atoms with Crippen LogP contribution in [-0.2, 0) is 22.9 Å². The van der Waals surface area contributed by atoms with Gasteiger partial charge in [-0.1, -0.05) is 56.5 Å². The second-order valence-electron chi connectivity index (χ2n) is 10.9. The number of nitrogens with zero attached hydrogens (tertiary/aromatic N) is 3. The Morgan fingerprint density at radius 1 is 1.15 bits per heavy atom. The summed E-state index contributed by atoms with van der Waals surface area (Å²) in [5.41, 5.74) is 7.76. The SMILES string of the molecule is CCC1[C@H](n2ccc3c(N)ncnc32)O[C@H](COP2(=O)OC[C@@H](c3ccccc3)[C@@H](C3CCCCC3)O2)[C@H]1O. The highest BCUT2D eigenvalue weighted by Gasteiger charge is 2.48. The summed E-state index contributed by atoms with van der Waals surface area (Å²) in [6.45, 7) is 2.14. The zero-order chi connectivity index (χ0) is 27.0. The van der Waals surface area contributed by atoms with Crippen LogP contribution < -0.4 is 5.73 Å². The van der Waals surface area contributed by atoms with Crippen LogP contribution in [0.4, 0.5) is 5.82 Å². The van der Waals surface area contributed by atoms with Crippen molar-refractivity contribution >= 4 is 24.7 Å². The van der Waals surface area contributed by atoms with Crippen LogP contribution in [0.2, 0.25) is 0 Å². The van der Waals surface area contributed by atoms with Gasteiger partial charge in [-0.15, -0.1) is 0 Å². The van der Waals surface area contributed by atoms with Crippen molar-refractivity contribution < 1.29 is 28.0 Å². The maximum absolute atomic E-state index is 13.8. The summed E-state index contributed by atoms with van der Waals surface area (Å²) in [5.74, 6) is 0.440. The van der Waals surface area contributed by atoms with E-state index in [0.29, 0.717) is 23.8 Å². The fourth-order valence-corrected chi connectivity index (χ4v) is 7.95. The van der Waals surface area contributed by atoms with Crippen LogP contribution in [0, 0.1) is 11.8 Å². The first-order valence-electron chi connectivity index (χ1n) is 14.0. The highest BCUT2D eigenvalue weighted by Crippen LogP contribution is 2.58. The molecule has 3 aromatic rings. The number of fused-ring (bicyclic) bond motifs is 1. The molecule has 2 aromatic heterocycles. The molecule has 6 rings (SSSR count). The fraction of sp³-hybridized carbons (Fsp3) is 0.571. The third-order valence-electron chi connectivity index (χ3n) is 8.58. The molecule has 39 heavy (non-hydrogen) atoms. The lowest BCUT2D eigenvalue weighted by molar-refractivity contribution is -0.0629. The minimum Gasteiger partial charge on any atom is -0.390 e. The lowest BCUT2D eigenvalue weighted by atomic mass is 9.78. The van der Waals surface area contributed by atoms with Crippen molar-refractivity contribution in [1.82, 2.24) is 14.5 Å². The lowest BCUT2D eigenvalue weighted by Gasteiger charge is -2.41. The normalized spacial score (nSPS) is 34.0. The Labute approximate surface area is 228 Å². The Kier molecular flexibility index (Phi) is 7.77. The highest BCUT2D eigenvalue weighted by atomic mass is 31.2. The number of phosphoric acid groups is 1. The Morgan fingerprint density at radius 3 is 2.72 bits per heavy atom. The smallest absolute Gasteiger partial charge is 0.390 e. The van der Waals surface area contributed by atoms with E-state index in [9.17, 15) is 9.67 Å². The molecule has 3 aliphatic rings. The van der Waals surface area contributed by atoms with Crippen LogP contribution in [0.3, 0.4) is 0 Å². The first-order valence-corrected chi connectivity index (χ1v) is 15.5. The molecule has 3 fully saturated rings. The molecule has 210 valence electrons. The van der Waals surface area contributed by atoms with Crippen LogP contribution >= 0.6 is 7.82 Å². The Morgan fingerprint density at radius 2 is 1.95 bits per heavy atom. The molecule has 1 aromatic carbocycles. The first-order chi connectivity index (χ1) is 19.0. The zero-order valence-electron chi connectivity index (χ0n) is 22.2. The maximum Gasteiger partial charge on any atom is 0.475 e. The molecule has 0 spiro atoms. The van der Waals surface area contributed by atoms with E-state index in [1.165, 1.54) is 12.7 Å². The maximum atomic E-state index is 13.8. The summed E-state index contributed by atoms with van der Waals surface area (Å²) in [6.07, 6.45) is 7.21. The Balaban J connectivity index is 1.17. The van der Waals surface area contributed by atoms with Crippen molar-refractivity contribution in [2.24, 2.45) is 11.8 Å². The molecule has 0 radical (unpaired) electrons. The van der Waals surface area contributed by atoms with Gasteiger partial charge in [-0.2, -0.15) is 0 Å². The van der Waals surface area contributed by atoms with E-state index >= 15 is 0 Å². The average Bonchev–Trinajstić information content (AvgIpc) is 3.54. The molecule has 1 aliphatic carbocycles. The second-order valence-corrected chi connectivity index (χ2v) is 12.5. The molecule has 0 bridgehead atoms. The molecule has 2 unspecified atom stereocenters. The quantitative estimate of drug-likeness (QED) is 0.377. The number of rotatable bonds is 7. The van der Waals surface area contributed by atoms with Crippen LogP contribution in [0.15, 0.2) is 48.9 Å². The van der Waals surface area contributed by atoms with Gasteiger partial charge < -0.3 is 20.1 Å². The predicted molar refractivity (Wildman–Crippen MR) is 146 cm³/mol. The van der Waals surface area contributed by atoms with Crippen LogP contribution in [0.5, 0.6) is 0 Å². The number of phosphoric ester groups is 1. The molecule has 2 saturated heterocycles. The van der Waals surface area contributed by atoms with Gasteiger partial charge in [0.25, 0.3) is 0 Å². The average molecular weight is 557 g/mol. The minimum atomic E-state index is -3.86. The van der Waals surface area contributed by atoms with Crippen molar-refractivity contribution in [3.8, 4) is 0 Å². The van der Waals surface area contributed by atoms with Gasteiger partial charge in [0, 0.05) is 18.0 Å². The largest absolute Gasteiger partial charge is 0.475 e. The number of hydrogen-bond donors (Lipinski definition) is 2. The minimum absolute atomic E-state index is 0.0152. The van der Waals surface area contributed by atoms with E-state index < -0.39 is 26.3 Å². The molecule has 0 amide bonds. The van der Waals surface area contributed by atoms with Crippen molar-refractivity contribution in [1.29, 1.82) is 0 Å². The van der Waals surface area contributed by atoms with E-state index in [1.807, 2.05) is 42.0 Å². The lowest BCUT2D eigenvalue weighted by Crippen LogP contribution is -2.38. The molecular formula is C28H37N4O6P. The van der Waals surface area contributed by atoms with Gasteiger partial charge in [-0.05, 0) is 36.8 Å². The summed E-state index contributed by atoms with van der Waals surface area (Å²) in [5, 5.41) is 11.9. The van der Waals surface area contributed by atoms with Gasteiger partial charge >= 0.3 is 7.82 Å². The number of nitrogens with two attached hydrogens (primary N) is 1. The van der Waals surface area contributed by atoms with Gasteiger partial charge in [-0.3, -0.25) is 13.6 Å². The van der Waals surface area contributed by atoms with Crippen molar-refractivity contribution in [3.05, 3.63) is 54.5 Å². The zero-order valence-corrected chi connectivity index (χ0v) is 23.1. The Bertz CT molecular complexity index is 1320. The summed E-state index contributed by atoms with van der Waals surface area (Å²) in [4.78, 5) is 8.43. The predicted octanol–water partition coefficient (Wildman–Crippen LogP) is 5.20. The van der Waals surface area contributed by atoms with Crippen LogP contribution in [0.1, 0.15) is 63.2 Å². The summed E-state index contributed by atoms with van der Waals surface area (Å²) >= 11 is 0. The molecule has 1 saturated carbocycles. The van der Waals surface area contributed by atoms with Gasteiger partial charge in [0.2, 0.25) is 0 Å². The first kappa shape index (κ1) is 26.9. The number of benzene rings is 1. The van der Waals surface area contributed by atoms with Crippen LogP contribution in [0.25, 0.3) is 11.0 Å². The number of aliphatic hydroxyl groups excluding tert-OH is 1. The van der Waals surface area contributed by atoms with E-state index in [1.54, 1.807) is 0 Å².